The number of non-ortho nitro benzene ring substituents is 1. The van der Waals surface area contributed by atoms with E-state index in [0.717, 1.165) is 12.8 Å². The monoisotopic (exact) mass is 427 g/mol. The van der Waals surface area contributed by atoms with Crippen LogP contribution in [0.2, 0.25) is 0 Å². The molecule has 164 valence electrons. The Kier molecular flexibility index (Phi) is 9.18. The number of carbonyl (C=O) groups is 2. The summed E-state index contributed by atoms with van der Waals surface area (Å²) in [6.45, 7) is 2.41. The molecule has 2 aromatic rings. The smallest absolute Gasteiger partial charge is 0.269 e. The van der Waals surface area contributed by atoms with Crippen LogP contribution >= 0.6 is 0 Å². The molecule has 0 saturated heterocycles. The first-order valence-electron chi connectivity index (χ1n) is 9.84. The van der Waals surface area contributed by atoms with Crippen LogP contribution in [0.4, 0.5) is 5.69 Å². The Morgan fingerprint density at radius 1 is 1.13 bits per heavy atom. The summed E-state index contributed by atoms with van der Waals surface area (Å²) in [5.74, 6) is -0.458. The summed E-state index contributed by atoms with van der Waals surface area (Å²) in [6.07, 6.45) is 3.35. The van der Waals surface area contributed by atoms with Gasteiger partial charge in [0.25, 0.3) is 17.5 Å². The molecule has 0 unspecified atom stereocenters. The third-order valence-corrected chi connectivity index (χ3v) is 4.19. The van der Waals surface area contributed by atoms with Gasteiger partial charge in [-0.05, 0) is 54.5 Å². The van der Waals surface area contributed by atoms with Crippen LogP contribution in [0.3, 0.4) is 0 Å². The SMILES string of the molecule is CCCCOc1ccc(C(=O)NC(=Cc2ccc([N+](=O)[O-])cc2)C(=O)NCCO)cc1. The lowest BCUT2D eigenvalue weighted by atomic mass is 10.1. The maximum absolute atomic E-state index is 12.6. The standard InChI is InChI=1S/C22H25N3O6/c1-2-3-14-31-19-10-6-17(7-11-19)21(27)24-20(22(28)23-12-13-26)15-16-4-8-18(9-5-16)25(29)30/h4-11,15,26H,2-3,12-14H2,1H3,(H,23,28)(H,24,27). The van der Waals surface area contributed by atoms with Gasteiger partial charge < -0.3 is 20.5 Å². The fourth-order valence-corrected chi connectivity index (χ4v) is 2.51. The van der Waals surface area contributed by atoms with E-state index in [1.165, 1.54) is 30.3 Å². The number of rotatable bonds is 11. The van der Waals surface area contributed by atoms with E-state index >= 15 is 0 Å². The number of hydrogen-bond donors (Lipinski definition) is 3. The van der Waals surface area contributed by atoms with E-state index in [9.17, 15) is 19.7 Å². The van der Waals surface area contributed by atoms with Crippen LogP contribution in [-0.2, 0) is 4.79 Å². The Balaban J connectivity index is 2.17. The highest BCUT2D eigenvalue weighted by molar-refractivity contribution is 6.05. The normalized spacial score (nSPS) is 11.0. The van der Waals surface area contributed by atoms with Crippen molar-refractivity contribution in [2.75, 3.05) is 19.8 Å². The number of nitrogens with one attached hydrogen (secondary N) is 2. The van der Waals surface area contributed by atoms with Gasteiger partial charge in [-0.2, -0.15) is 0 Å². The molecule has 9 nitrogen and oxygen atoms in total. The highest BCUT2D eigenvalue weighted by Gasteiger charge is 2.15. The molecule has 2 amide bonds. The molecule has 0 fully saturated rings. The largest absolute Gasteiger partial charge is 0.494 e. The average molecular weight is 427 g/mol. The summed E-state index contributed by atoms with van der Waals surface area (Å²) >= 11 is 0. The highest BCUT2D eigenvalue weighted by atomic mass is 16.6. The minimum atomic E-state index is -0.597. The first kappa shape index (κ1) is 23.6. The predicted molar refractivity (Wildman–Crippen MR) is 115 cm³/mol. The lowest BCUT2D eigenvalue weighted by Gasteiger charge is -2.11. The zero-order valence-electron chi connectivity index (χ0n) is 17.2. The number of amides is 2. The molecule has 31 heavy (non-hydrogen) atoms. The van der Waals surface area contributed by atoms with Crippen molar-refractivity contribution in [2.45, 2.75) is 19.8 Å². The fraction of sp³-hybridized carbons (Fsp3) is 0.273. The van der Waals surface area contributed by atoms with E-state index in [1.54, 1.807) is 24.3 Å². The zero-order chi connectivity index (χ0) is 22.6. The maximum atomic E-state index is 12.6. The molecule has 0 aliphatic carbocycles. The second kappa shape index (κ2) is 12.1. The number of hydrogen-bond acceptors (Lipinski definition) is 6. The molecule has 0 aromatic heterocycles. The predicted octanol–water partition coefficient (Wildman–Crippen LogP) is 2.65. The molecule has 0 bridgehead atoms. The molecule has 0 aliphatic rings. The Bertz CT molecular complexity index is 923. The van der Waals surface area contributed by atoms with Gasteiger partial charge in [-0.25, -0.2) is 0 Å². The van der Waals surface area contributed by atoms with Gasteiger partial charge in [0.1, 0.15) is 11.4 Å². The number of aliphatic hydroxyl groups is 1. The van der Waals surface area contributed by atoms with Gasteiger partial charge in [0, 0.05) is 24.2 Å². The van der Waals surface area contributed by atoms with Gasteiger partial charge in [-0.15, -0.1) is 0 Å². The summed E-state index contributed by atoms with van der Waals surface area (Å²) in [7, 11) is 0. The summed E-state index contributed by atoms with van der Waals surface area (Å²) in [6, 6.07) is 12.1. The van der Waals surface area contributed by atoms with Crippen LogP contribution < -0.4 is 15.4 Å². The van der Waals surface area contributed by atoms with Crippen molar-refractivity contribution in [3.63, 3.8) is 0 Å². The summed E-state index contributed by atoms with van der Waals surface area (Å²) in [4.78, 5) is 35.3. The van der Waals surface area contributed by atoms with Gasteiger partial charge in [-0.1, -0.05) is 13.3 Å². The number of unbranched alkanes of at least 4 members (excludes halogenated alkanes) is 1. The molecule has 0 aliphatic heterocycles. The topological polar surface area (TPSA) is 131 Å². The van der Waals surface area contributed by atoms with E-state index in [0.29, 0.717) is 23.5 Å². The molecule has 0 spiro atoms. The van der Waals surface area contributed by atoms with E-state index in [-0.39, 0.29) is 24.5 Å². The van der Waals surface area contributed by atoms with Crippen LogP contribution in [0, 0.1) is 10.1 Å². The Hall–Kier alpha value is -3.72. The molecular formula is C22H25N3O6. The molecule has 0 radical (unpaired) electrons. The van der Waals surface area contributed by atoms with E-state index in [1.807, 2.05) is 0 Å². The van der Waals surface area contributed by atoms with Crippen molar-refractivity contribution in [1.29, 1.82) is 0 Å². The van der Waals surface area contributed by atoms with Crippen LogP contribution in [0.1, 0.15) is 35.7 Å². The molecule has 9 heteroatoms. The van der Waals surface area contributed by atoms with Crippen molar-refractivity contribution in [2.24, 2.45) is 0 Å². The van der Waals surface area contributed by atoms with Gasteiger partial charge in [-0.3, -0.25) is 19.7 Å². The fourth-order valence-electron chi connectivity index (χ4n) is 2.51. The number of carbonyl (C=O) groups excluding carboxylic acids is 2. The Morgan fingerprint density at radius 2 is 1.81 bits per heavy atom. The number of benzene rings is 2. The molecule has 0 atom stereocenters. The number of nitrogens with zero attached hydrogens (tertiary/aromatic N) is 1. The van der Waals surface area contributed by atoms with Gasteiger partial charge in [0.2, 0.25) is 0 Å². The molecule has 0 saturated carbocycles. The minimum absolute atomic E-state index is 0.0100. The van der Waals surface area contributed by atoms with Gasteiger partial charge >= 0.3 is 0 Å². The van der Waals surface area contributed by atoms with E-state index in [4.69, 9.17) is 9.84 Å². The van der Waals surface area contributed by atoms with Crippen molar-refractivity contribution in [3.8, 4) is 5.75 Å². The van der Waals surface area contributed by atoms with Crippen molar-refractivity contribution >= 4 is 23.6 Å². The first-order chi connectivity index (χ1) is 14.9. The van der Waals surface area contributed by atoms with Crippen molar-refractivity contribution in [3.05, 3.63) is 75.5 Å². The number of nitro benzene ring substituents is 1. The summed E-state index contributed by atoms with van der Waals surface area (Å²) in [5.41, 5.74) is 0.663. The number of aliphatic hydroxyl groups excluding tert-OH is 1. The second-order valence-electron chi connectivity index (χ2n) is 6.57. The molecule has 2 aromatic carbocycles. The summed E-state index contributed by atoms with van der Waals surface area (Å²) < 4.78 is 5.57. The number of ether oxygens (including phenoxy) is 1. The molecule has 2 rings (SSSR count). The lowest BCUT2D eigenvalue weighted by molar-refractivity contribution is -0.384. The second-order valence-corrected chi connectivity index (χ2v) is 6.57. The van der Waals surface area contributed by atoms with Gasteiger partial charge in [0.15, 0.2) is 0 Å². The maximum Gasteiger partial charge on any atom is 0.269 e. The zero-order valence-corrected chi connectivity index (χ0v) is 17.2. The van der Waals surface area contributed by atoms with E-state index < -0.39 is 16.7 Å². The minimum Gasteiger partial charge on any atom is -0.494 e. The lowest BCUT2D eigenvalue weighted by Crippen LogP contribution is -2.36. The van der Waals surface area contributed by atoms with Crippen molar-refractivity contribution in [1.82, 2.24) is 10.6 Å². The third kappa shape index (κ3) is 7.56. The van der Waals surface area contributed by atoms with Gasteiger partial charge in [0.05, 0.1) is 18.1 Å². The first-order valence-corrected chi connectivity index (χ1v) is 9.84. The Labute approximate surface area is 179 Å². The highest BCUT2D eigenvalue weighted by Crippen LogP contribution is 2.15. The molecule has 3 N–H and O–H groups in total. The molecule has 0 heterocycles. The molecular weight excluding hydrogens is 402 g/mol. The Morgan fingerprint density at radius 3 is 2.39 bits per heavy atom. The quantitative estimate of drug-likeness (QED) is 0.219. The van der Waals surface area contributed by atoms with E-state index in [2.05, 4.69) is 17.6 Å². The average Bonchev–Trinajstić information content (AvgIpc) is 2.78. The number of nitro groups is 1. The van der Waals surface area contributed by atoms with Crippen LogP contribution in [-0.4, -0.2) is 41.6 Å². The van der Waals surface area contributed by atoms with Crippen LogP contribution in [0.15, 0.2) is 54.2 Å². The van der Waals surface area contributed by atoms with Crippen LogP contribution in [0.25, 0.3) is 6.08 Å². The van der Waals surface area contributed by atoms with Crippen LogP contribution in [0.5, 0.6) is 5.75 Å². The van der Waals surface area contributed by atoms with Crippen molar-refractivity contribution < 1.29 is 24.4 Å². The third-order valence-electron chi connectivity index (χ3n) is 4.19. The summed E-state index contributed by atoms with van der Waals surface area (Å²) in [5, 5.41) is 24.8.